The molecule has 0 spiro atoms. The van der Waals surface area contributed by atoms with Crippen LogP contribution in [0.2, 0.25) is 10.0 Å². The molecule has 1 aliphatic carbocycles. The van der Waals surface area contributed by atoms with Gasteiger partial charge in [-0.15, -0.1) is 11.8 Å². The summed E-state index contributed by atoms with van der Waals surface area (Å²) < 4.78 is 51.1. The molecule has 1 aromatic carbocycles. The standard InChI is InChI=1S/C53H79Cl2N3O11S/c1-14-43-53(8)44(34(6)45(59)32(4)26-52(7,64-13)48(30(2)23-31(3)49(60)67-43)68-51-46(63-12)40(57(9)10)24-33(5)65-51)47(50(61)69-53)70-22-21-58(29-37-38(54)27-56-28-39(37)55)35-19-20-41(62-11)42(25-35)66-36-17-15-16-18-36/h19-20,25,27-28,30-34,36,40,43-44,46-48,51H,14-18,21-24,26,29H2,1-13H3/t30-,31+,32+,33+,34+,40-,43+,44-,46+,47-,48+,51?,52+,53+/m0/s1. The molecule has 14 nitrogen and oxygen atoms in total. The van der Waals surface area contributed by atoms with Gasteiger partial charge >= 0.3 is 11.9 Å². The highest BCUT2D eigenvalue weighted by atomic mass is 35.5. The average molecular weight is 1040 g/mol. The number of halogens is 2. The number of anilines is 1. The van der Waals surface area contributed by atoms with Gasteiger partial charge in [-0.1, -0.05) is 57.8 Å². The first-order valence-electron chi connectivity index (χ1n) is 25.2. The van der Waals surface area contributed by atoms with Crippen LogP contribution in [0.5, 0.6) is 11.5 Å². The molecule has 392 valence electrons. The Morgan fingerprint density at radius 3 is 2.21 bits per heavy atom. The van der Waals surface area contributed by atoms with Gasteiger partial charge in [0.05, 0.1) is 47.0 Å². The number of pyridine rings is 1. The number of carbonyl (C=O) groups is 3. The molecule has 14 atom stereocenters. The summed E-state index contributed by atoms with van der Waals surface area (Å²) in [6, 6.07) is 5.88. The number of cyclic esters (lactones) is 1. The summed E-state index contributed by atoms with van der Waals surface area (Å²) in [6.07, 6.45) is 6.54. The van der Waals surface area contributed by atoms with E-state index in [0.717, 1.165) is 37.8 Å². The number of carbonyl (C=O) groups excluding carboxylic acids is 3. The van der Waals surface area contributed by atoms with Crippen molar-refractivity contribution in [2.24, 2.45) is 29.6 Å². The van der Waals surface area contributed by atoms with Crippen LogP contribution in [0, 0.1) is 29.6 Å². The smallest absolute Gasteiger partial charge is 0.320 e. The lowest BCUT2D eigenvalue weighted by Crippen LogP contribution is -2.59. The number of thioether (sulfide) groups is 1. The number of Topliss-reactive ketones (excluding diaryl/α,β-unsaturated/α-hetero) is 1. The van der Waals surface area contributed by atoms with E-state index >= 15 is 4.79 Å². The van der Waals surface area contributed by atoms with E-state index in [1.54, 1.807) is 33.7 Å². The van der Waals surface area contributed by atoms with Crippen LogP contribution in [0.3, 0.4) is 0 Å². The van der Waals surface area contributed by atoms with Gasteiger partial charge in [0.2, 0.25) is 0 Å². The Labute approximate surface area is 431 Å². The fourth-order valence-corrected chi connectivity index (χ4v) is 13.7. The Morgan fingerprint density at radius 2 is 1.60 bits per heavy atom. The number of hydrogen-bond acceptors (Lipinski definition) is 15. The van der Waals surface area contributed by atoms with Crippen molar-refractivity contribution in [2.45, 2.75) is 173 Å². The molecule has 1 aromatic heterocycles. The van der Waals surface area contributed by atoms with E-state index in [1.807, 2.05) is 87.7 Å². The normalized spacial score (nSPS) is 34.7. The fourth-order valence-electron chi connectivity index (χ4n) is 11.7. The van der Waals surface area contributed by atoms with Crippen molar-refractivity contribution in [3.8, 4) is 11.5 Å². The molecular formula is C53H79Cl2N3O11S. The highest BCUT2D eigenvalue weighted by Gasteiger charge is 2.61. The zero-order valence-electron chi connectivity index (χ0n) is 43.7. The molecule has 4 aliphatic rings. The van der Waals surface area contributed by atoms with Crippen LogP contribution in [-0.2, 0) is 49.3 Å². The lowest BCUT2D eigenvalue weighted by Gasteiger charge is -2.48. The average Bonchev–Trinajstić information content (AvgIpc) is 3.93. The minimum Gasteiger partial charge on any atom is -0.493 e. The van der Waals surface area contributed by atoms with E-state index < -0.39 is 76.7 Å². The van der Waals surface area contributed by atoms with Crippen LogP contribution < -0.4 is 14.4 Å². The first-order valence-corrected chi connectivity index (χ1v) is 27.0. The summed E-state index contributed by atoms with van der Waals surface area (Å²) >= 11 is 14.9. The third-order valence-electron chi connectivity index (χ3n) is 15.6. The second-order valence-corrected chi connectivity index (χ2v) is 22.9. The first kappa shape index (κ1) is 56.4. The predicted molar refractivity (Wildman–Crippen MR) is 274 cm³/mol. The van der Waals surface area contributed by atoms with Gasteiger partial charge in [-0.25, -0.2) is 0 Å². The van der Waals surface area contributed by atoms with Gasteiger partial charge < -0.3 is 47.7 Å². The molecule has 6 rings (SSSR count). The third kappa shape index (κ3) is 12.5. The van der Waals surface area contributed by atoms with Crippen molar-refractivity contribution in [3.63, 3.8) is 0 Å². The molecule has 4 heterocycles. The molecule has 0 amide bonds. The Balaban J connectivity index is 1.32. The fraction of sp³-hybridized carbons (Fsp3) is 0.736. The third-order valence-corrected chi connectivity index (χ3v) is 17.5. The van der Waals surface area contributed by atoms with Gasteiger partial charge in [0.25, 0.3) is 0 Å². The molecule has 3 aliphatic heterocycles. The molecule has 1 unspecified atom stereocenters. The number of methoxy groups -OCH3 is 3. The molecular weight excluding hydrogens is 958 g/mol. The molecule has 0 N–H and O–H groups in total. The Bertz CT molecular complexity index is 2080. The van der Waals surface area contributed by atoms with Crippen molar-refractivity contribution < 1.29 is 52.3 Å². The number of fused-ring (bicyclic) bond motifs is 1. The second-order valence-electron chi connectivity index (χ2n) is 20.9. The summed E-state index contributed by atoms with van der Waals surface area (Å²) in [5.74, 6) is -1.91. The van der Waals surface area contributed by atoms with Gasteiger partial charge in [0.1, 0.15) is 23.2 Å². The molecule has 1 saturated carbocycles. The largest absolute Gasteiger partial charge is 0.493 e. The quantitative estimate of drug-likeness (QED) is 0.147. The number of ketones is 1. The molecule has 2 aromatic rings. The highest BCUT2D eigenvalue weighted by Crippen LogP contribution is 2.49. The molecule has 0 radical (unpaired) electrons. The van der Waals surface area contributed by atoms with E-state index in [9.17, 15) is 9.59 Å². The van der Waals surface area contributed by atoms with Crippen LogP contribution in [-0.4, -0.2) is 135 Å². The Hall–Kier alpha value is -2.89. The molecule has 0 bridgehead atoms. The van der Waals surface area contributed by atoms with Crippen molar-refractivity contribution in [1.82, 2.24) is 9.88 Å². The maximum atomic E-state index is 15.2. The molecule has 3 saturated heterocycles. The predicted octanol–water partition coefficient (Wildman–Crippen LogP) is 9.86. The zero-order chi connectivity index (χ0) is 51.2. The van der Waals surface area contributed by atoms with E-state index in [0.29, 0.717) is 65.2 Å². The van der Waals surface area contributed by atoms with Gasteiger partial charge in [-0.3, -0.25) is 19.4 Å². The number of ether oxygens (including phenoxy) is 8. The maximum Gasteiger partial charge on any atom is 0.320 e. The number of rotatable bonds is 16. The highest BCUT2D eigenvalue weighted by molar-refractivity contribution is 8.00. The van der Waals surface area contributed by atoms with E-state index in [2.05, 4.69) is 14.8 Å². The second kappa shape index (κ2) is 24.4. The van der Waals surface area contributed by atoms with Crippen LogP contribution in [0.25, 0.3) is 0 Å². The lowest BCUT2D eigenvalue weighted by molar-refractivity contribution is -0.301. The molecule has 17 heteroatoms. The summed E-state index contributed by atoms with van der Waals surface area (Å²) in [5.41, 5.74) is -0.783. The SMILES string of the molecule is CC[C@H]1OC(=O)[C@H](C)C[C@H](C)[C@@H](OC2O[C@H](C)C[C@H](N(C)C)[C@H]2OC)[C@](C)(OC)C[C@@H](C)C(=O)[C@H](C)[C@H]2[C@H](SCCN(Cc3c(Cl)cncc3Cl)c3ccc(OC)c(OC4CCCC4)c3)C(=O)O[C@@]21C. The van der Waals surface area contributed by atoms with Gasteiger partial charge in [-0.2, -0.15) is 0 Å². The van der Waals surface area contributed by atoms with Gasteiger partial charge in [-0.05, 0) is 104 Å². The van der Waals surface area contributed by atoms with Gasteiger partial charge in [0.15, 0.2) is 23.4 Å². The Kier molecular flexibility index (Phi) is 19.7. The van der Waals surface area contributed by atoms with Crippen molar-refractivity contribution >= 4 is 58.4 Å². The maximum absolute atomic E-state index is 15.2. The number of aromatic nitrogens is 1. The van der Waals surface area contributed by atoms with Crippen molar-refractivity contribution in [3.05, 3.63) is 46.2 Å². The summed E-state index contributed by atoms with van der Waals surface area (Å²) in [6.45, 7) is 16.2. The van der Waals surface area contributed by atoms with Crippen LogP contribution in [0.15, 0.2) is 30.6 Å². The Morgan fingerprint density at radius 1 is 0.914 bits per heavy atom. The van der Waals surface area contributed by atoms with Crippen LogP contribution in [0.4, 0.5) is 5.69 Å². The van der Waals surface area contributed by atoms with Crippen molar-refractivity contribution in [2.75, 3.05) is 52.6 Å². The summed E-state index contributed by atoms with van der Waals surface area (Å²) in [7, 11) is 8.98. The molecule has 70 heavy (non-hydrogen) atoms. The van der Waals surface area contributed by atoms with E-state index in [-0.39, 0.29) is 30.0 Å². The number of benzene rings is 1. The topological polar surface area (TPSA) is 144 Å². The van der Waals surface area contributed by atoms with E-state index in [4.69, 9.17) is 61.1 Å². The monoisotopic (exact) mass is 1040 g/mol. The summed E-state index contributed by atoms with van der Waals surface area (Å²) in [5, 5.41) is 0.0861. The first-order chi connectivity index (χ1) is 33.2. The minimum absolute atomic E-state index is 0.0247. The zero-order valence-corrected chi connectivity index (χ0v) is 46.0. The van der Waals surface area contributed by atoms with E-state index in [1.165, 1.54) is 11.8 Å². The van der Waals surface area contributed by atoms with Crippen LogP contribution in [0.1, 0.15) is 112 Å². The number of likely N-dealkylation sites (N-methyl/N-ethyl adjacent to an activating group) is 1. The number of esters is 2. The van der Waals surface area contributed by atoms with Crippen molar-refractivity contribution in [1.29, 1.82) is 0 Å². The summed E-state index contributed by atoms with van der Waals surface area (Å²) in [4.78, 5) is 52.4. The van der Waals surface area contributed by atoms with Gasteiger partial charge in [0, 0.05) is 86.6 Å². The molecule has 4 fully saturated rings. The number of nitrogens with zero attached hydrogens (tertiary/aromatic N) is 3. The van der Waals surface area contributed by atoms with Crippen LogP contribution >= 0.6 is 35.0 Å². The lowest BCUT2D eigenvalue weighted by atomic mass is 9.70. The number of hydrogen-bond donors (Lipinski definition) is 0. The minimum atomic E-state index is -1.31.